The molecule has 10 heteroatoms. The molecule has 1 N–H and O–H groups in total. The van der Waals surface area contributed by atoms with Gasteiger partial charge in [-0.2, -0.15) is 5.10 Å². The summed E-state index contributed by atoms with van der Waals surface area (Å²) in [5.41, 5.74) is 0.458. The van der Waals surface area contributed by atoms with Gasteiger partial charge in [-0.05, 0) is 43.3 Å². The van der Waals surface area contributed by atoms with Crippen LogP contribution in [0.15, 0.2) is 65.5 Å². The van der Waals surface area contributed by atoms with Crippen molar-refractivity contribution in [3.63, 3.8) is 0 Å². The van der Waals surface area contributed by atoms with Crippen LogP contribution < -0.4 is 15.6 Å². The van der Waals surface area contributed by atoms with E-state index in [1.165, 1.54) is 61.5 Å². The maximum absolute atomic E-state index is 13.1. The minimum Gasteiger partial charge on any atom is -0.405 e. The molecule has 0 spiro atoms. The monoisotopic (exact) mass is 435 g/mol. The van der Waals surface area contributed by atoms with Gasteiger partial charge in [-0.15, -0.1) is 13.2 Å². The van der Waals surface area contributed by atoms with Crippen LogP contribution in [0, 0.1) is 5.82 Å². The Balaban J connectivity index is 1.76. The highest BCUT2D eigenvalue weighted by Crippen LogP contribution is 2.26. The van der Waals surface area contributed by atoms with Gasteiger partial charge >= 0.3 is 6.36 Å². The average Bonchev–Trinajstić information content (AvgIpc) is 2.72. The van der Waals surface area contributed by atoms with Crippen LogP contribution in [0.3, 0.4) is 0 Å². The Morgan fingerprint density at radius 3 is 2.45 bits per heavy atom. The molecule has 0 aliphatic carbocycles. The Kier molecular flexibility index (Phi) is 6.38. The Morgan fingerprint density at radius 1 is 1.10 bits per heavy atom. The number of halogens is 4. The summed E-state index contributed by atoms with van der Waals surface area (Å²) in [6, 6.07) is 12.5. The molecule has 0 aliphatic heterocycles. The van der Waals surface area contributed by atoms with Gasteiger partial charge in [-0.1, -0.05) is 18.2 Å². The molecular formula is C21H17F4N3O3. The number of hydrogen-bond donors (Lipinski definition) is 1. The molecule has 1 amide bonds. The van der Waals surface area contributed by atoms with Crippen LogP contribution in [0.1, 0.15) is 18.5 Å². The predicted octanol–water partition coefficient (Wildman–Crippen LogP) is 3.83. The summed E-state index contributed by atoms with van der Waals surface area (Å²) in [6.07, 6.45) is -4.87. The van der Waals surface area contributed by atoms with Gasteiger partial charge in [0, 0.05) is 23.7 Å². The molecular weight excluding hydrogens is 418 g/mol. The van der Waals surface area contributed by atoms with E-state index in [2.05, 4.69) is 15.2 Å². The fourth-order valence-corrected chi connectivity index (χ4v) is 2.79. The third-order valence-electron chi connectivity index (χ3n) is 4.36. The van der Waals surface area contributed by atoms with Crippen molar-refractivity contribution in [1.82, 2.24) is 15.1 Å². The number of alkyl halides is 3. The lowest BCUT2D eigenvalue weighted by Gasteiger charge is -2.17. The molecule has 0 bridgehead atoms. The van der Waals surface area contributed by atoms with E-state index in [1.807, 2.05) is 0 Å². The van der Waals surface area contributed by atoms with Crippen molar-refractivity contribution in [2.75, 3.05) is 0 Å². The van der Waals surface area contributed by atoms with Gasteiger partial charge in [0.1, 0.15) is 17.6 Å². The van der Waals surface area contributed by atoms with Crippen molar-refractivity contribution in [3.8, 4) is 17.0 Å². The molecule has 31 heavy (non-hydrogen) atoms. The number of carbonyl (C=O) groups is 1. The van der Waals surface area contributed by atoms with Crippen LogP contribution in [0.2, 0.25) is 0 Å². The number of rotatable bonds is 6. The third-order valence-corrected chi connectivity index (χ3v) is 4.36. The zero-order valence-electron chi connectivity index (χ0n) is 16.2. The summed E-state index contributed by atoms with van der Waals surface area (Å²) in [5, 5.41) is 6.64. The average molecular weight is 435 g/mol. The Hall–Kier alpha value is -3.69. The second kappa shape index (κ2) is 8.99. The number of benzene rings is 2. The number of para-hydroxylation sites is 1. The highest BCUT2D eigenvalue weighted by molar-refractivity contribution is 5.79. The molecule has 6 nitrogen and oxygen atoms in total. The predicted molar refractivity (Wildman–Crippen MR) is 104 cm³/mol. The largest absolute Gasteiger partial charge is 0.573 e. The van der Waals surface area contributed by atoms with Crippen LogP contribution in [0.4, 0.5) is 17.6 Å². The van der Waals surface area contributed by atoms with Gasteiger partial charge in [0.15, 0.2) is 0 Å². The first kappa shape index (κ1) is 22.0. The molecule has 1 unspecified atom stereocenters. The topological polar surface area (TPSA) is 73.2 Å². The van der Waals surface area contributed by atoms with E-state index in [4.69, 9.17) is 0 Å². The summed E-state index contributed by atoms with van der Waals surface area (Å²) >= 11 is 0. The smallest absolute Gasteiger partial charge is 0.405 e. The van der Waals surface area contributed by atoms with E-state index >= 15 is 0 Å². The summed E-state index contributed by atoms with van der Waals surface area (Å²) in [5.74, 6) is -1.50. The molecule has 0 saturated carbocycles. The van der Waals surface area contributed by atoms with Gasteiger partial charge in [0.05, 0.1) is 5.69 Å². The SMILES string of the molecule is CC(C(=O)NCc1ccccc1OC(F)(F)F)n1nc(-c2ccc(F)cc2)ccc1=O. The highest BCUT2D eigenvalue weighted by atomic mass is 19.4. The lowest BCUT2D eigenvalue weighted by molar-refractivity contribution is -0.274. The maximum atomic E-state index is 13.1. The number of hydrogen-bond acceptors (Lipinski definition) is 4. The second-order valence-electron chi connectivity index (χ2n) is 6.56. The first-order valence-corrected chi connectivity index (χ1v) is 9.11. The number of aromatic nitrogens is 2. The third kappa shape index (κ3) is 5.68. The zero-order chi connectivity index (χ0) is 22.6. The van der Waals surface area contributed by atoms with Crippen molar-refractivity contribution in [3.05, 3.63) is 82.4 Å². The van der Waals surface area contributed by atoms with Gasteiger partial charge < -0.3 is 10.1 Å². The van der Waals surface area contributed by atoms with E-state index in [0.29, 0.717) is 11.3 Å². The second-order valence-corrected chi connectivity index (χ2v) is 6.56. The minimum absolute atomic E-state index is 0.112. The number of nitrogens with zero attached hydrogens (tertiary/aromatic N) is 2. The summed E-state index contributed by atoms with van der Waals surface area (Å²) in [4.78, 5) is 24.7. The Morgan fingerprint density at radius 2 is 1.77 bits per heavy atom. The van der Waals surface area contributed by atoms with Crippen LogP contribution in [0.25, 0.3) is 11.3 Å². The van der Waals surface area contributed by atoms with Gasteiger partial charge in [0.2, 0.25) is 5.91 Å². The maximum Gasteiger partial charge on any atom is 0.573 e. The molecule has 0 radical (unpaired) electrons. The van der Waals surface area contributed by atoms with E-state index < -0.39 is 35.4 Å². The van der Waals surface area contributed by atoms with Crippen LogP contribution >= 0.6 is 0 Å². The number of nitrogens with one attached hydrogen (secondary N) is 1. The number of amides is 1. The van der Waals surface area contributed by atoms with Crippen molar-refractivity contribution in [1.29, 1.82) is 0 Å². The number of carbonyl (C=O) groups excluding carboxylic acids is 1. The quantitative estimate of drug-likeness (QED) is 0.598. The van der Waals surface area contributed by atoms with Gasteiger partial charge in [-0.25, -0.2) is 9.07 Å². The molecule has 162 valence electrons. The first-order chi connectivity index (χ1) is 14.6. The van der Waals surface area contributed by atoms with Crippen molar-refractivity contribution < 1.29 is 27.1 Å². The summed E-state index contributed by atoms with van der Waals surface area (Å²) in [7, 11) is 0. The van der Waals surface area contributed by atoms with Crippen molar-refractivity contribution in [2.45, 2.75) is 25.9 Å². The molecule has 3 aromatic rings. The molecule has 2 aromatic carbocycles. The number of ether oxygens (including phenoxy) is 1. The van der Waals surface area contributed by atoms with Crippen LogP contribution in [-0.4, -0.2) is 22.1 Å². The molecule has 1 atom stereocenters. The van der Waals surface area contributed by atoms with Crippen LogP contribution in [0.5, 0.6) is 5.75 Å². The van der Waals surface area contributed by atoms with E-state index in [9.17, 15) is 27.2 Å². The molecule has 0 fully saturated rings. The van der Waals surface area contributed by atoms with Crippen molar-refractivity contribution >= 4 is 5.91 Å². The Labute approximate surface area is 174 Å². The van der Waals surface area contributed by atoms with Crippen molar-refractivity contribution in [2.24, 2.45) is 0 Å². The van der Waals surface area contributed by atoms with E-state index in [-0.39, 0.29) is 12.1 Å². The van der Waals surface area contributed by atoms with E-state index in [1.54, 1.807) is 0 Å². The molecule has 3 rings (SSSR count). The van der Waals surface area contributed by atoms with E-state index in [0.717, 1.165) is 10.7 Å². The van der Waals surface area contributed by atoms with Gasteiger partial charge in [-0.3, -0.25) is 9.59 Å². The summed E-state index contributed by atoms with van der Waals surface area (Å²) in [6.45, 7) is 1.18. The van der Waals surface area contributed by atoms with Crippen LogP contribution in [-0.2, 0) is 11.3 Å². The fraction of sp³-hybridized carbons (Fsp3) is 0.190. The first-order valence-electron chi connectivity index (χ1n) is 9.11. The summed E-state index contributed by atoms with van der Waals surface area (Å²) < 4.78 is 55.6. The normalized spacial score (nSPS) is 12.3. The highest BCUT2D eigenvalue weighted by Gasteiger charge is 2.32. The lowest BCUT2D eigenvalue weighted by Crippen LogP contribution is -2.36. The fourth-order valence-electron chi connectivity index (χ4n) is 2.79. The molecule has 1 heterocycles. The standard InChI is InChI=1S/C21H17F4N3O3/c1-13(20(30)26-12-15-4-2-3-5-18(15)31-21(23,24)25)28-19(29)11-10-17(27-28)14-6-8-16(22)9-7-14/h2-11,13H,12H2,1H3,(H,26,30). The lowest BCUT2D eigenvalue weighted by atomic mass is 10.1. The minimum atomic E-state index is -4.87. The molecule has 0 aliphatic rings. The Bertz CT molecular complexity index is 1130. The molecule has 1 aromatic heterocycles. The van der Waals surface area contributed by atoms with Gasteiger partial charge in [0.25, 0.3) is 5.56 Å². The molecule has 0 saturated heterocycles. The zero-order valence-corrected chi connectivity index (χ0v) is 16.2.